The Bertz CT molecular complexity index is 88.9. The van der Waals surface area contributed by atoms with Gasteiger partial charge >= 0.3 is 0 Å². The topological polar surface area (TPSA) is 75.2 Å². The number of hydrogen-bond acceptors (Lipinski definition) is 4. The van der Waals surface area contributed by atoms with Crippen molar-refractivity contribution in [2.75, 3.05) is 6.26 Å². The van der Waals surface area contributed by atoms with Crippen LogP contribution in [0.5, 0.6) is 0 Å². The summed E-state index contributed by atoms with van der Waals surface area (Å²) in [7, 11) is -4.45. The van der Waals surface area contributed by atoms with Gasteiger partial charge in [-0.1, -0.05) is 11.9 Å². The van der Waals surface area contributed by atoms with Crippen molar-refractivity contribution in [1.82, 2.24) is 4.49 Å². The lowest BCUT2D eigenvalue weighted by Crippen LogP contribution is -2.22. The second-order valence-corrected chi connectivity index (χ2v) is 2.93. The lowest BCUT2D eigenvalue weighted by atomic mass is 12.0. The Morgan fingerprint density at radius 3 is 2.14 bits per heavy atom. The van der Waals surface area contributed by atoms with E-state index >= 15 is 0 Å². The number of nitrogens with one attached hydrogen (secondary N) is 1. The highest BCUT2D eigenvalue weighted by Crippen LogP contribution is 2.18. The average Bonchev–Trinajstić information content (AvgIpc) is 1.30. The van der Waals surface area contributed by atoms with Crippen LogP contribution in [0.25, 0.3) is 0 Å². The molecule has 0 spiro atoms. The van der Waals surface area contributed by atoms with Gasteiger partial charge in [-0.25, -0.2) is 4.49 Å². The molecule has 0 aromatic carbocycles. The summed E-state index contributed by atoms with van der Waals surface area (Å²) in [6.45, 7) is 0. The predicted molar refractivity (Wildman–Crippen MR) is 24.3 cm³/mol. The normalized spacial score (nSPS) is 11.9. The van der Waals surface area contributed by atoms with Gasteiger partial charge in [-0.3, -0.25) is 0 Å². The minimum Gasteiger partial charge on any atom is -0.799 e. The van der Waals surface area contributed by atoms with E-state index in [0.29, 0.717) is 0 Å². The van der Waals surface area contributed by atoms with Crippen molar-refractivity contribution in [3.05, 3.63) is 0 Å². The second kappa shape index (κ2) is 2.69. The molecule has 0 saturated heterocycles. The van der Waals surface area contributed by atoms with Gasteiger partial charge in [0.1, 0.15) is 0 Å². The van der Waals surface area contributed by atoms with Gasteiger partial charge in [-0.15, -0.1) is 0 Å². The maximum absolute atomic E-state index is 9.57. The van der Waals surface area contributed by atoms with E-state index in [2.05, 4.69) is 0 Å². The lowest BCUT2D eigenvalue weighted by molar-refractivity contribution is -0.315. The fourth-order valence-corrected chi connectivity index (χ4v) is 1.01. The minimum absolute atomic E-state index is 0.770. The molecular formula is CH4NO3PS-2. The van der Waals surface area contributed by atoms with Gasteiger partial charge in [0.25, 0.3) is 0 Å². The third-order valence-electron chi connectivity index (χ3n) is 0.203. The molecule has 4 nitrogen and oxygen atoms in total. The van der Waals surface area contributed by atoms with Crippen LogP contribution in [0.3, 0.4) is 0 Å². The molecule has 0 aliphatic heterocycles. The van der Waals surface area contributed by atoms with E-state index in [-0.39, 0.29) is 0 Å². The summed E-state index contributed by atoms with van der Waals surface area (Å²) in [6.07, 6.45) is 1.46. The molecule has 6 heteroatoms. The zero-order chi connectivity index (χ0) is 5.91. The van der Waals surface area contributed by atoms with Gasteiger partial charge in [-0.2, -0.15) is 0 Å². The van der Waals surface area contributed by atoms with Crippen molar-refractivity contribution in [3.63, 3.8) is 0 Å². The molecule has 0 bridgehead atoms. The molecule has 0 aliphatic rings. The summed E-state index contributed by atoms with van der Waals surface area (Å²) < 4.78 is 11.2. The average molecular weight is 141 g/mol. The van der Waals surface area contributed by atoms with Crippen LogP contribution < -0.4 is 14.3 Å². The second-order valence-electron chi connectivity index (χ2n) is 0.793. The molecule has 0 atom stereocenters. The van der Waals surface area contributed by atoms with E-state index in [9.17, 15) is 14.4 Å². The third-order valence-corrected chi connectivity index (χ3v) is 1.83. The van der Waals surface area contributed by atoms with Crippen molar-refractivity contribution in [1.29, 1.82) is 0 Å². The van der Waals surface area contributed by atoms with Gasteiger partial charge < -0.3 is 14.4 Å². The first-order chi connectivity index (χ1) is 3.06. The first-order valence-corrected chi connectivity index (χ1v) is 4.15. The summed E-state index contributed by atoms with van der Waals surface area (Å²) >= 11 is 0.770. The quantitative estimate of drug-likeness (QED) is 0.381. The third kappa shape index (κ3) is 6.46. The van der Waals surface area contributed by atoms with E-state index in [4.69, 9.17) is 0 Å². The Morgan fingerprint density at radius 2 is 2.14 bits per heavy atom. The molecule has 0 amide bonds. The summed E-state index contributed by atoms with van der Waals surface area (Å²) in [5, 5.41) is 0. The van der Waals surface area contributed by atoms with Gasteiger partial charge in [-0.05, 0) is 6.26 Å². The van der Waals surface area contributed by atoms with Crippen LogP contribution in [0, 0.1) is 0 Å². The van der Waals surface area contributed by atoms with Crippen LogP contribution in [0.15, 0.2) is 0 Å². The maximum atomic E-state index is 9.57. The molecule has 0 fully saturated rings. The van der Waals surface area contributed by atoms with Crippen LogP contribution in [-0.4, -0.2) is 6.26 Å². The van der Waals surface area contributed by atoms with Crippen molar-refractivity contribution in [2.24, 2.45) is 0 Å². The fraction of sp³-hybridized carbons (Fsp3) is 1.00. The molecule has 7 heavy (non-hydrogen) atoms. The van der Waals surface area contributed by atoms with Crippen LogP contribution in [0.4, 0.5) is 0 Å². The van der Waals surface area contributed by atoms with E-state index in [0.717, 1.165) is 11.9 Å². The van der Waals surface area contributed by atoms with Gasteiger partial charge in [0.2, 0.25) is 0 Å². The summed E-state index contributed by atoms with van der Waals surface area (Å²) in [5.74, 6) is 0. The van der Waals surface area contributed by atoms with Crippen molar-refractivity contribution < 1.29 is 14.4 Å². The Hall–Kier alpha value is 0.460. The van der Waals surface area contributed by atoms with E-state index < -0.39 is 7.75 Å². The molecule has 0 radical (unpaired) electrons. The fourth-order valence-electron chi connectivity index (χ4n) is 0.112. The summed E-state index contributed by atoms with van der Waals surface area (Å²) in [4.78, 5) is 19.1. The molecule has 0 aliphatic carbocycles. The SMILES string of the molecule is CSNP(=O)([O-])[O-]. The predicted octanol–water partition coefficient (Wildman–Crippen LogP) is -1.32. The zero-order valence-electron chi connectivity index (χ0n) is 3.58. The number of hydrogen-bond donors (Lipinski definition) is 1. The van der Waals surface area contributed by atoms with E-state index in [1.54, 1.807) is 4.49 Å². The Labute approximate surface area is 45.7 Å². The highest BCUT2D eigenvalue weighted by Gasteiger charge is 1.80. The highest BCUT2D eigenvalue weighted by molar-refractivity contribution is 8.00. The Balaban J connectivity index is 3.36. The zero-order valence-corrected chi connectivity index (χ0v) is 5.29. The van der Waals surface area contributed by atoms with E-state index in [1.165, 1.54) is 6.26 Å². The van der Waals surface area contributed by atoms with Gasteiger partial charge in [0.05, 0.1) is 0 Å². The highest BCUT2D eigenvalue weighted by atomic mass is 32.2. The monoisotopic (exact) mass is 141 g/mol. The molecule has 0 saturated carbocycles. The smallest absolute Gasteiger partial charge is 0.00720 e. The molecule has 0 aromatic heterocycles. The van der Waals surface area contributed by atoms with Crippen LogP contribution >= 0.6 is 19.7 Å². The van der Waals surface area contributed by atoms with Crippen LogP contribution in [-0.2, 0) is 4.57 Å². The Morgan fingerprint density at radius 1 is 1.71 bits per heavy atom. The van der Waals surface area contributed by atoms with Crippen molar-refractivity contribution >= 4 is 19.7 Å². The standard InChI is InChI=1S/CH6NO3PS/c1-7-2-6(3,4)5/h1H3,(H3,2,3,4,5)/p-2. The molecular weight excluding hydrogens is 137 g/mol. The molecule has 44 valence electrons. The molecule has 1 N–H and O–H groups in total. The summed E-state index contributed by atoms with van der Waals surface area (Å²) in [6, 6.07) is 0. The molecule has 0 aromatic rings. The first kappa shape index (κ1) is 7.46. The van der Waals surface area contributed by atoms with E-state index in [1.807, 2.05) is 0 Å². The van der Waals surface area contributed by atoms with Crippen molar-refractivity contribution in [3.8, 4) is 0 Å². The van der Waals surface area contributed by atoms with Crippen LogP contribution in [0.1, 0.15) is 0 Å². The van der Waals surface area contributed by atoms with Crippen LogP contribution in [0.2, 0.25) is 0 Å². The lowest BCUT2D eigenvalue weighted by Gasteiger charge is -2.28. The largest absolute Gasteiger partial charge is 0.799 e. The minimum atomic E-state index is -4.45. The Kier molecular flexibility index (Phi) is 2.87. The molecule has 0 unspecified atom stereocenters. The van der Waals surface area contributed by atoms with Gasteiger partial charge in [0, 0.05) is 7.75 Å². The summed E-state index contributed by atoms with van der Waals surface area (Å²) in [5.41, 5.74) is 0. The van der Waals surface area contributed by atoms with Crippen molar-refractivity contribution in [2.45, 2.75) is 0 Å². The first-order valence-electron chi connectivity index (χ1n) is 1.38. The molecule has 0 heterocycles. The maximum Gasteiger partial charge on any atom is 0.00720 e. The number of rotatable bonds is 2. The molecule has 0 rings (SSSR count). The van der Waals surface area contributed by atoms with Gasteiger partial charge in [0.15, 0.2) is 0 Å².